The molecule has 0 saturated carbocycles. The van der Waals surface area contributed by atoms with E-state index in [2.05, 4.69) is 6.92 Å². The van der Waals surface area contributed by atoms with E-state index in [9.17, 15) is 0 Å². The van der Waals surface area contributed by atoms with Crippen molar-refractivity contribution < 1.29 is 0 Å². The largest absolute Gasteiger partial charge is 0.0826 e. The predicted octanol–water partition coefficient (Wildman–Crippen LogP) is 7.20. The second kappa shape index (κ2) is 8.53. The molecule has 0 nitrogen and oxygen atoms in total. The molecule has 1 aromatic rings. The van der Waals surface area contributed by atoms with Crippen molar-refractivity contribution in [1.82, 2.24) is 0 Å². The highest BCUT2D eigenvalue weighted by Crippen LogP contribution is 2.38. The third-order valence-electron chi connectivity index (χ3n) is 2.98. The molecule has 0 saturated heterocycles. The van der Waals surface area contributed by atoms with E-state index in [1.54, 1.807) is 0 Å². The molecule has 0 bridgehead atoms. The minimum Gasteiger partial charge on any atom is -0.0826 e. The van der Waals surface area contributed by atoms with Crippen LogP contribution in [-0.4, -0.2) is 0 Å². The van der Waals surface area contributed by atoms with Crippen LogP contribution in [0.5, 0.6) is 0 Å². The lowest BCUT2D eigenvalue weighted by atomic mass is 10.0. The Morgan fingerprint density at radius 2 is 1.39 bits per heavy atom. The highest BCUT2D eigenvalue weighted by Gasteiger charge is 2.12. The Morgan fingerprint density at radius 1 is 0.778 bits per heavy atom. The van der Waals surface area contributed by atoms with Gasteiger partial charge in [-0.1, -0.05) is 85.4 Å². The van der Waals surface area contributed by atoms with Crippen molar-refractivity contribution in [2.45, 2.75) is 51.9 Å². The highest BCUT2D eigenvalue weighted by molar-refractivity contribution is 6.51. The van der Waals surface area contributed by atoms with Gasteiger partial charge in [-0.05, 0) is 24.5 Å². The van der Waals surface area contributed by atoms with Gasteiger partial charge >= 0.3 is 0 Å². The Hall–Kier alpha value is 0.380. The van der Waals surface area contributed by atoms with Crippen LogP contribution >= 0.6 is 46.4 Å². The van der Waals surface area contributed by atoms with Crippen molar-refractivity contribution in [2.75, 3.05) is 0 Å². The van der Waals surface area contributed by atoms with Gasteiger partial charge in [0, 0.05) is 0 Å². The Labute approximate surface area is 130 Å². The van der Waals surface area contributed by atoms with Crippen LogP contribution < -0.4 is 0 Å². The summed E-state index contributed by atoms with van der Waals surface area (Å²) in [6, 6.07) is 1.82. The maximum absolute atomic E-state index is 6.16. The zero-order chi connectivity index (χ0) is 13.5. The zero-order valence-electron chi connectivity index (χ0n) is 10.5. The quantitative estimate of drug-likeness (QED) is 0.282. The van der Waals surface area contributed by atoms with Crippen molar-refractivity contribution >= 4 is 46.4 Å². The first-order chi connectivity index (χ1) is 8.57. The number of halogens is 4. The van der Waals surface area contributed by atoms with Crippen LogP contribution in [0.25, 0.3) is 0 Å². The molecule has 0 radical (unpaired) electrons. The van der Waals surface area contributed by atoms with E-state index in [1.165, 1.54) is 32.1 Å². The molecule has 0 heterocycles. The van der Waals surface area contributed by atoms with Crippen LogP contribution in [0.3, 0.4) is 0 Å². The van der Waals surface area contributed by atoms with E-state index >= 15 is 0 Å². The number of rotatable bonds is 7. The molecule has 0 amide bonds. The van der Waals surface area contributed by atoms with Gasteiger partial charge in [0.25, 0.3) is 0 Å². The van der Waals surface area contributed by atoms with Gasteiger partial charge in [-0.2, -0.15) is 0 Å². The zero-order valence-corrected chi connectivity index (χ0v) is 13.6. The van der Waals surface area contributed by atoms with Crippen LogP contribution in [0.1, 0.15) is 51.0 Å². The second-order valence-corrected chi connectivity index (χ2v) is 6.02. The fraction of sp³-hybridized carbons (Fsp3) is 0.571. The van der Waals surface area contributed by atoms with Gasteiger partial charge in [-0.15, -0.1) is 0 Å². The van der Waals surface area contributed by atoms with Gasteiger partial charge in [0.15, 0.2) is 0 Å². The smallest absolute Gasteiger partial charge is 0.0796 e. The molecule has 0 aliphatic heterocycles. The lowest BCUT2D eigenvalue weighted by Gasteiger charge is -2.09. The molecule has 1 aromatic carbocycles. The monoisotopic (exact) mass is 326 g/mol. The molecule has 0 spiro atoms. The molecule has 0 aliphatic carbocycles. The normalized spacial score (nSPS) is 10.9. The van der Waals surface area contributed by atoms with Crippen molar-refractivity contribution in [3.05, 3.63) is 31.7 Å². The average molecular weight is 328 g/mol. The molecule has 1 rings (SSSR count). The number of unbranched alkanes of at least 4 members (excludes halogenated alkanes) is 5. The lowest BCUT2D eigenvalue weighted by Crippen LogP contribution is -1.90. The molecular formula is C14H18Cl4. The predicted molar refractivity (Wildman–Crippen MR) is 83.6 cm³/mol. The molecule has 18 heavy (non-hydrogen) atoms. The third kappa shape index (κ3) is 4.81. The fourth-order valence-corrected chi connectivity index (χ4v) is 2.84. The number of aryl methyl sites for hydroxylation is 1. The lowest BCUT2D eigenvalue weighted by molar-refractivity contribution is 0.607. The van der Waals surface area contributed by atoms with Crippen molar-refractivity contribution in [3.8, 4) is 0 Å². The van der Waals surface area contributed by atoms with Crippen molar-refractivity contribution in [3.63, 3.8) is 0 Å². The SMILES string of the molecule is CCCCCCCCc1cc(Cl)c(Cl)c(Cl)c1Cl. The van der Waals surface area contributed by atoms with Gasteiger partial charge in [0.05, 0.1) is 20.1 Å². The summed E-state index contributed by atoms with van der Waals surface area (Å²) in [7, 11) is 0. The summed E-state index contributed by atoms with van der Waals surface area (Å²) in [4.78, 5) is 0. The van der Waals surface area contributed by atoms with Crippen LogP contribution in [0.15, 0.2) is 6.07 Å². The summed E-state index contributed by atoms with van der Waals surface area (Å²) in [5, 5.41) is 1.73. The van der Waals surface area contributed by atoms with Gasteiger partial charge in [0.1, 0.15) is 0 Å². The number of benzene rings is 1. The van der Waals surface area contributed by atoms with Crippen LogP contribution in [0.2, 0.25) is 20.1 Å². The molecule has 0 aromatic heterocycles. The molecule has 102 valence electrons. The summed E-state index contributed by atoms with van der Waals surface area (Å²) in [5.41, 5.74) is 0.992. The van der Waals surface area contributed by atoms with Crippen LogP contribution in [0.4, 0.5) is 0 Å². The van der Waals surface area contributed by atoms with Crippen molar-refractivity contribution in [2.24, 2.45) is 0 Å². The average Bonchev–Trinajstić information content (AvgIpc) is 2.37. The second-order valence-electron chi connectivity index (χ2n) is 4.48. The standard InChI is InChI=1S/C14H18Cl4/c1-2-3-4-5-6-7-8-10-9-11(15)13(17)14(18)12(10)16/h9H,2-8H2,1H3. The summed E-state index contributed by atoms with van der Waals surface area (Å²) in [6.07, 6.45) is 8.41. The Bertz CT molecular complexity index is 388. The maximum Gasteiger partial charge on any atom is 0.0796 e. The van der Waals surface area contributed by atoms with Gasteiger partial charge in [0.2, 0.25) is 0 Å². The van der Waals surface area contributed by atoms with E-state index in [-0.39, 0.29) is 0 Å². The number of hydrogen-bond acceptors (Lipinski definition) is 0. The molecule has 0 fully saturated rings. The van der Waals surface area contributed by atoms with Gasteiger partial charge < -0.3 is 0 Å². The van der Waals surface area contributed by atoms with E-state index in [0.29, 0.717) is 20.1 Å². The Balaban J connectivity index is 2.48. The molecular weight excluding hydrogens is 310 g/mol. The summed E-state index contributed by atoms with van der Waals surface area (Å²) >= 11 is 24.1. The van der Waals surface area contributed by atoms with Crippen LogP contribution in [-0.2, 0) is 6.42 Å². The minimum absolute atomic E-state index is 0.343. The summed E-state index contributed by atoms with van der Waals surface area (Å²) < 4.78 is 0. The molecule has 0 atom stereocenters. The van der Waals surface area contributed by atoms with Gasteiger partial charge in [-0.25, -0.2) is 0 Å². The Kier molecular flexibility index (Phi) is 7.79. The molecule has 0 N–H and O–H groups in total. The first-order valence-electron chi connectivity index (χ1n) is 6.39. The minimum atomic E-state index is 0.343. The first kappa shape index (κ1) is 16.4. The molecule has 4 heteroatoms. The van der Waals surface area contributed by atoms with E-state index in [0.717, 1.165) is 18.4 Å². The third-order valence-corrected chi connectivity index (χ3v) is 4.77. The van der Waals surface area contributed by atoms with Crippen molar-refractivity contribution in [1.29, 1.82) is 0 Å². The summed E-state index contributed by atoms with van der Waals surface area (Å²) in [5.74, 6) is 0. The van der Waals surface area contributed by atoms with E-state index in [1.807, 2.05) is 6.07 Å². The molecule has 0 unspecified atom stereocenters. The fourth-order valence-electron chi connectivity index (χ4n) is 1.90. The number of hydrogen-bond donors (Lipinski definition) is 0. The van der Waals surface area contributed by atoms with E-state index < -0.39 is 0 Å². The first-order valence-corrected chi connectivity index (χ1v) is 7.91. The van der Waals surface area contributed by atoms with Gasteiger partial charge in [-0.3, -0.25) is 0 Å². The summed E-state index contributed by atoms with van der Waals surface area (Å²) in [6.45, 7) is 2.22. The Morgan fingerprint density at radius 3 is 2.06 bits per heavy atom. The molecule has 0 aliphatic rings. The highest BCUT2D eigenvalue weighted by atomic mass is 35.5. The maximum atomic E-state index is 6.16. The topological polar surface area (TPSA) is 0 Å². The van der Waals surface area contributed by atoms with Crippen LogP contribution in [0, 0.1) is 0 Å². The van der Waals surface area contributed by atoms with E-state index in [4.69, 9.17) is 46.4 Å².